The van der Waals surface area contributed by atoms with Crippen LogP contribution in [0.2, 0.25) is 0 Å². The second-order valence-corrected chi connectivity index (χ2v) is 6.58. The lowest BCUT2D eigenvalue weighted by Crippen LogP contribution is -2.08. The largest absolute Gasteiger partial charge is 0.466 e. The van der Waals surface area contributed by atoms with Crippen molar-refractivity contribution in [3.8, 4) is 0 Å². The van der Waals surface area contributed by atoms with Crippen LogP contribution in [0.4, 0.5) is 0 Å². The van der Waals surface area contributed by atoms with E-state index in [9.17, 15) is 4.79 Å². The number of ether oxygens (including phenoxy) is 1. The lowest BCUT2D eigenvalue weighted by atomic mass is 10.5. The number of carbonyl (C=O) groups is 1. The molecule has 0 amide bonds. The zero-order valence-electron chi connectivity index (χ0n) is 9.52. The van der Waals surface area contributed by atoms with Crippen LogP contribution in [0.15, 0.2) is 0 Å². The first kappa shape index (κ1) is 15.0. The van der Waals surface area contributed by atoms with Crippen LogP contribution in [-0.4, -0.2) is 32.0 Å². The molecule has 0 rings (SSSR count). The van der Waals surface area contributed by atoms with Gasteiger partial charge >= 0.3 is 5.97 Å². The molecule has 90 valence electrons. The predicted octanol–water partition coefficient (Wildman–Crippen LogP) is 2.32. The van der Waals surface area contributed by atoms with E-state index in [4.69, 9.17) is 25.6 Å². The molecule has 0 atom stereocenters. The van der Waals surface area contributed by atoms with Crippen molar-refractivity contribution in [3.05, 3.63) is 0 Å². The van der Waals surface area contributed by atoms with Gasteiger partial charge in [0, 0.05) is 6.16 Å². The SMILES string of the molecule is CCOC(=O)CCP(=S)(OCC)OCC. The molecule has 0 aromatic rings. The number of rotatable bonds is 8. The lowest BCUT2D eigenvalue weighted by Gasteiger charge is -2.20. The van der Waals surface area contributed by atoms with E-state index in [0.29, 0.717) is 26.0 Å². The molecule has 4 nitrogen and oxygen atoms in total. The van der Waals surface area contributed by atoms with Gasteiger partial charge in [0.15, 0.2) is 6.49 Å². The second kappa shape index (κ2) is 8.22. The maximum absolute atomic E-state index is 11.1. The van der Waals surface area contributed by atoms with Gasteiger partial charge in [-0.1, -0.05) is 0 Å². The van der Waals surface area contributed by atoms with Gasteiger partial charge in [-0.3, -0.25) is 4.79 Å². The average Bonchev–Trinajstić information content (AvgIpc) is 2.16. The average molecular weight is 254 g/mol. The van der Waals surface area contributed by atoms with Crippen LogP contribution < -0.4 is 0 Å². The molecule has 0 heterocycles. The van der Waals surface area contributed by atoms with E-state index in [0.717, 1.165) is 0 Å². The Morgan fingerprint density at radius 1 is 1.13 bits per heavy atom. The molecule has 0 radical (unpaired) electrons. The summed E-state index contributed by atoms with van der Waals surface area (Å²) in [7, 11) is 0. The quantitative estimate of drug-likeness (QED) is 0.491. The topological polar surface area (TPSA) is 44.8 Å². The summed E-state index contributed by atoms with van der Waals surface area (Å²) in [5.74, 6) is -0.244. The van der Waals surface area contributed by atoms with Crippen LogP contribution in [0.3, 0.4) is 0 Å². The summed E-state index contributed by atoms with van der Waals surface area (Å²) < 4.78 is 15.6. The number of carbonyl (C=O) groups excluding carboxylic acids is 1. The van der Waals surface area contributed by atoms with Crippen molar-refractivity contribution in [1.82, 2.24) is 0 Å². The highest BCUT2D eigenvalue weighted by molar-refractivity contribution is 8.09. The smallest absolute Gasteiger partial charge is 0.306 e. The molecule has 0 fully saturated rings. The Kier molecular flexibility index (Phi) is 8.24. The summed E-state index contributed by atoms with van der Waals surface area (Å²) in [6.07, 6.45) is 0.716. The lowest BCUT2D eigenvalue weighted by molar-refractivity contribution is -0.142. The van der Waals surface area contributed by atoms with Gasteiger partial charge in [0.1, 0.15) is 0 Å². The fourth-order valence-electron chi connectivity index (χ4n) is 1.02. The second-order valence-electron chi connectivity index (χ2n) is 2.73. The van der Waals surface area contributed by atoms with Gasteiger partial charge in [-0.15, -0.1) is 0 Å². The Morgan fingerprint density at radius 3 is 2.07 bits per heavy atom. The Morgan fingerprint density at radius 2 is 1.67 bits per heavy atom. The molecule has 0 aliphatic rings. The Labute approximate surface area is 96.5 Å². The number of hydrogen-bond acceptors (Lipinski definition) is 5. The van der Waals surface area contributed by atoms with E-state index >= 15 is 0 Å². The molecule has 0 bridgehead atoms. The van der Waals surface area contributed by atoms with Gasteiger partial charge in [-0.2, -0.15) is 0 Å². The third-order valence-corrected chi connectivity index (χ3v) is 4.80. The van der Waals surface area contributed by atoms with Crippen LogP contribution in [0.5, 0.6) is 0 Å². The fourth-order valence-corrected chi connectivity index (χ4v) is 3.50. The van der Waals surface area contributed by atoms with Crippen molar-refractivity contribution in [2.24, 2.45) is 0 Å². The van der Waals surface area contributed by atoms with Gasteiger partial charge in [0.05, 0.1) is 26.2 Å². The molecule has 0 N–H and O–H groups in total. The molecule has 0 saturated carbocycles. The minimum atomic E-state index is -2.26. The fraction of sp³-hybridized carbons (Fsp3) is 0.889. The Hall–Kier alpha value is 0.0400. The molecular weight excluding hydrogens is 235 g/mol. The van der Waals surface area contributed by atoms with E-state index < -0.39 is 6.49 Å². The van der Waals surface area contributed by atoms with Crippen LogP contribution in [0, 0.1) is 0 Å². The van der Waals surface area contributed by atoms with Crippen molar-refractivity contribution in [1.29, 1.82) is 0 Å². The van der Waals surface area contributed by atoms with Gasteiger partial charge in [0.2, 0.25) is 0 Å². The van der Waals surface area contributed by atoms with Gasteiger partial charge in [0.25, 0.3) is 0 Å². The maximum atomic E-state index is 11.1. The molecule has 0 saturated heterocycles. The highest BCUT2D eigenvalue weighted by Gasteiger charge is 2.19. The number of esters is 1. The van der Waals surface area contributed by atoms with Crippen molar-refractivity contribution in [2.45, 2.75) is 27.2 Å². The standard InChI is InChI=1S/C9H19O4PS/c1-4-11-9(10)7-8-14(15,12-5-2)13-6-3/h4-8H2,1-3H3. The predicted molar refractivity (Wildman–Crippen MR) is 63.7 cm³/mol. The van der Waals surface area contributed by atoms with Crippen LogP contribution >= 0.6 is 6.49 Å². The summed E-state index contributed by atoms with van der Waals surface area (Å²) >= 11 is 5.26. The first-order chi connectivity index (χ1) is 7.08. The minimum absolute atomic E-state index is 0.244. The summed E-state index contributed by atoms with van der Waals surface area (Å²) in [6, 6.07) is 0. The summed E-state index contributed by atoms with van der Waals surface area (Å²) in [6.45, 7) is 4.67. The van der Waals surface area contributed by atoms with Crippen molar-refractivity contribution in [3.63, 3.8) is 0 Å². The van der Waals surface area contributed by atoms with E-state index in [2.05, 4.69) is 0 Å². The van der Waals surface area contributed by atoms with Gasteiger partial charge in [-0.25, -0.2) is 0 Å². The third-order valence-electron chi connectivity index (χ3n) is 1.55. The Balaban J connectivity index is 4.06. The summed E-state index contributed by atoms with van der Waals surface area (Å²) in [5.41, 5.74) is 0. The zero-order chi connectivity index (χ0) is 11.7. The van der Waals surface area contributed by atoms with E-state index in [-0.39, 0.29) is 12.4 Å². The molecule has 0 aromatic carbocycles. The zero-order valence-corrected chi connectivity index (χ0v) is 11.2. The van der Waals surface area contributed by atoms with Gasteiger partial charge in [-0.05, 0) is 32.6 Å². The Bertz CT molecular complexity index is 222. The maximum Gasteiger partial charge on any atom is 0.306 e. The van der Waals surface area contributed by atoms with Crippen LogP contribution in [-0.2, 0) is 30.4 Å². The normalized spacial score (nSPS) is 11.4. The summed E-state index contributed by atoms with van der Waals surface area (Å²) in [5, 5.41) is 0. The van der Waals surface area contributed by atoms with Crippen LogP contribution in [0.1, 0.15) is 27.2 Å². The third kappa shape index (κ3) is 7.01. The highest BCUT2D eigenvalue weighted by Crippen LogP contribution is 2.48. The van der Waals surface area contributed by atoms with E-state index in [1.54, 1.807) is 6.92 Å². The van der Waals surface area contributed by atoms with Crippen LogP contribution in [0.25, 0.3) is 0 Å². The molecular formula is C9H19O4PS. The monoisotopic (exact) mass is 254 g/mol. The molecule has 6 heteroatoms. The number of hydrogen-bond donors (Lipinski definition) is 0. The molecule has 0 spiro atoms. The molecule has 15 heavy (non-hydrogen) atoms. The first-order valence-corrected chi connectivity index (χ1v) is 7.94. The summed E-state index contributed by atoms with van der Waals surface area (Å²) in [4.78, 5) is 11.1. The first-order valence-electron chi connectivity index (χ1n) is 5.11. The minimum Gasteiger partial charge on any atom is -0.466 e. The molecule has 0 unspecified atom stereocenters. The highest BCUT2D eigenvalue weighted by atomic mass is 32.5. The molecule has 0 aliphatic heterocycles. The van der Waals surface area contributed by atoms with E-state index in [1.165, 1.54) is 0 Å². The van der Waals surface area contributed by atoms with Crippen molar-refractivity contribution in [2.75, 3.05) is 26.0 Å². The van der Waals surface area contributed by atoms with Crippen molar-refractivity contribution >= 4 is 24.3 Å². The van der Waals surface area contributed by atoms with E-state index in [1.807, 2.05) is 13.8 Å². The molecule has 0 aliphatic carbocycles. The molecule has 0 aromatic heterocycles. The van der Waals surface area contributed by atoms with Gasteiger partial charge < -0.3 is 13.8 Å². The van der Waals surface area contributed by atoms with Crippen molar-refractivity contribution < 1.29 is 18.6 Å².